The SMILES string of the molecule is NC(=O)c1cn(CC(=O)O)c2ccc(-c3ccc4c(c3)CCCC4)cc12.O=C(O)C(F)(F)F. The molecule has 0 unspecified atom stereocenters. The van der Waals surface area contributed by atoms with Crippen molar-refractivity contribution in [1.82, 2.24) is 4.57 Å². The number of carbonyl (C=O) groups is 3. The number of amides is 1. The molecule has 1 aromatic heterocycles. The van der Waals surface area contributed by atoms with E-state index in [0.29, 0.717) is 16.5 Å². The first-order valence-corrected chi connectivity index (χ1v) is 10.0. The van der Waals surface area contributed by atoms with Crippen molar-refractivity contribution >= 4 is 28.7 Å². The smallest absolute Gasteiger partial charge is 0.480 e. The Morgan fingerprint density at radius 3 is 2.09 bits per heavy atom. The van der Waals surface area contributed by atoms with Crippen molar-refractivity contribution in [3.63, 3.8) is 0 Å². The molecule has 0 saturated heterocycles. The van der Waals surface area contributed by atoms with Gasteiger partial charge in [-0.25, -0.2) is 4.79 Å². The monoisotopic (exact) mass is 462 g/mol. The summed E-state index contributed by atoms with van der Waals surface area (Å²) < 4.78 is 33.3. The van der Waals surface area contributed by atoms with Crippen molar-refractivity contribution in [2.45, 2.75) is 38.4 Å². The van der Waals surface area contributed by atoms with E-state index in [1.165, 1.54) is 30.2 Å². The molecule has 0 radical (unpaired) electrons. The Bertz CT molecular complexity index is 1230. The van der Waals surface area contributed by atoms with Crippen LogP contribution in [0.2, 0.25) is 0 Å². The predicted molar refractivity (Wildman–Crippen MR) is 114 cm³/mol. The third-order valence-corrected chi connectivity index (χ3v) is 5.38. The lowest BCUT2D eigenvalue weighted by Gasteiger charge is -2.16. The second-order valence-electron chi connectivity index (χ2n) is 7.65. The van der Waals surface area contributed by atoms with Gasteiger partial charge in [0.1, 0.15) is 6.54 Å². The molecule has 1 heterocycles. The number of aromatic nitrogens is 1. The van der Waals surface area contributed by atoms with Gasteiger partial charge in [-0.05, 0) is 60.1 Å². The van der Waals surface area contributed by atoms with Gasteiger partial charge in [0.2, 0.25) is 0 Å². The molecule has 1 aliphatic carbocycles. The van der Waals surface area contributed by atoms with Crippen molar-refractivity contribution in [2.75, 3.05) is 0 Å². The number of halogens is 3. The zero-order chi connectivity index (χ0) is 24.3. The highest BCUT2D eigenvalue weighted by molar-refractivity contribution is 6.07. The van der Waals surface area contributed by atoms with Crippen molar-refractivity contribution in [1.29, 1.82) is 0 Å². The Labute approximate surface area is 186 Å². The second-order valence-corrected chi connectivity index (χ2v) is 7.65. The highest BCUT2D eigenvalue weighted by Gasteiger charge is 2.38. The van der Waals surface area contributed by atoms with Crippen LogP contribution >= 0.6 is 0 Å². The van der Waals surface area contributed by atoms with Crippen LogP contribution in [-0.4, -0.2) is 38.8 Å². The van der Waals surface area contributed by atoms with Crippen LogP contribution in [0.3, 0.4) is 0 Å². The molecule has 33 heavy (non-hydrogen) atoms. The quantitative estimate of drug-likeness (QED) is 0.541. The largest absolute Gasteiger partial charge is 0.490 e. The molecular formula is C23H21F3N2O5. The van der Waals surface area contributed by atoms with Gasteiger partial charge in [0.15, 0.2) is 0 Å². The maximum absolute atomic E-state index is 11.8. The van der Waals surface area contributed by atoms with Crippen LogP contribution in [0.4, 0.5) is 13.2 Å². The Morgan fingerprint density at radius 1 is 0.939 bits per heavy atom. The lowest BCUT2D eigenvalue weighted by Crippen LogP contribution is -2.21. The van der Waals surface area contributed by atoms with Crippen molar-refractivity contribution in [2.24, 2.45) is 5.73 Å². The van der Waals surface area contributed by atoms with Gasteiger partial charge in [-0.1, -0.05) is 24.3 Å². The standard InChI is InChI=1S/C21H20N2O3.C2HF3O2/c22-21(26)18-11-23(12-20(24)25)19-8-7-16(10-17(18)19)15-6-5-13-3-1-2-4-14(13)9-15;3-2(4,5)1(6)7/h5-11H,1-4,12H2,(H2,22,26)(H,24,25);(H,6,7). The van der Waals surface area contributed by atoms with E-state index in [-0.39, 0.29) is 6.54 Å². The molecule has 2 aromatic carbocycles. The van der Waals surface area contributed by atoms with Crippen molar-refractivity contribution in [3.8, 4) is 11.1 Å². The molecule has 0 fully saturated rings. The number of carbonyl (C=O) groups excluding carboxylic acids is 1. The number of aryl methyl sites for hydroxylation is 2. The number of carboxylic acid groups (broad SMARTS) is 2. The van der Waals surface area contributed by atoms with Gasteiger partial charge >= 0.3 is 18.1 Å². The Morgan fingerprint density at radius 2 is 1.52 bits per heavy atom. The number of primary amides is 1. The summed E-state index contributed by atoms with van der Waals surface area (Å²) in [4.78, 5) is 31.8. The van der Waals surface area contributed by atoms with E-state index in [1.807, 2.05) is 18.2 Å². The molecule has 0 atom stereocenters. The van der Waals surface area contributed by atoms with E-state index in [2.05, 4.69) is 18.2 Å². The number of aliphatic carboxylic acids is 2. The van der Waals surface area contributed by atoms with Crippen LogP contribution in [0, 0.1) is 0 Å². The minimum absolute atomic E-state index is 0.206. The number of fused-ring (bicyclic) bond motifs is 2. The third-order valence-electron chi connectivity index (χ3n) is 5.38. The summed E-state index contributed by atoms with van der Waals surface area (Å²) in [6.45, 7) is -0.206. The lowest BCUT2D eigenvalue weighted by molar-refractivity contribution is -0.192. The first-order chi connectivity index (χ1) is 15.5. The minimum atomic E-state index is -5.08. The molecule has 0 aliphatic heterocycles. The summed E-state index contributed by atoms with van der Waals surface area (Å²) in [6.07, 6.45) is 1.15. The fourth-order valence-electron chi connectivity index (χ4n) is 3.86. The number of hydrogen-bond donors (Lipinski definition) is 3. The van der Waals surface area contributed by atoms with Crippen LogP contribution in [-0.2, 0) is 29.0 Å². The normalized spacial score (nSPS) is 13.1. The van der Waals surface area contributed by atoms with E-state index < -0.39 is 24.0 Å². The molecule has 4 N–H and O–H groups in total. The van der Waals surface area contributed by atoms with E-state index in [4.69, 9.17) is 20.7 Å². The fourth-order valence-corrected chi connectivity index (χ4v) is 3.86. The van der Waals surface area contributed by atoms with Crippen LogP contribution in [0.15, 0.2) is 42.6 Å². The molecular weight excluding hydrogens is 441 g/mol. The third kappa shape index (κ3) is 5.51. The van der Waals surface area contributed by atoms with Gasteiger partial charge in [-0.2, -0.15) is 13.2 Å². The summed E-state index contributed by atoms with van der Waals surface area (Å²) in [7, 11) is 0. The van der Waals surface area contributed by atoms with Gasteiger partial charge in [0, 0.05) is 17.1 Å². The summed E-state index contributed by atoms with van der Waals surface area (Å²) in [5.41, 5.74) is 11.5. The molecule has 1 amide bonds. The van der Waals surface area contributed by atoms with Crippen LogP contribution < -0.4 is 5.73 Å². The highest BCUT2D eigenvalue weighted by Crippen LogP contribution is 2.31. The Balaban J connectivity index is 0.000000383. The molecule has 0 bridgehead atoms. The summed E-state index contributed by atoms with van der Waals surface area (Å²) in [6, 6.07) is 12.3. The Kier molecular flexibility index (Phi) is 6.75. The molecule has 3 aromatic rings. The van der Waals surface area contributed by atoms with Gasteiger partial charge in [-0.15, -0.1) is 0 Å². The van der Waals surface area contributed by atoms with Crippen molar-refractivity contribution < 1.29 is 37.8 Å². The lowest BCUT2D eigenvalue weighted by atomic mass is 9.89. The van der Waals surface area contributed by atoms with E-state index in [0.717, 1.165) is 24.0 Å². The Hall–Kier alpha value is -3.82. The summed E-state index contributed by atoms with van der Waals surface area (Å²) >= 11 is 0. The van der Waals surface area contributed by atoms with Crippen LogP contribution in [0.1, 0.15) is 34.3 Å². The molecule has 0 spiro atoms. The van der Waals surface area contributed by atoms with E-state index in [9.17, 15) is 22.8 Å². The fraction of sp³-hybridized carbons (Fsp3) is 0.261. The van der Waals surface area contributed by atoms with Crippen LogP contribution in [0.5, 0.6) is 0 Å². The average molecular weight is 462 g/mol. The molecule has 174 valence electrons. The first-order valence-electron chi connectivity index (χ1n) is 10.0. The number of rotatable bonds is 4. The number of benzene rings is 2. The van der Waals surface area contributed by atoms with Crippen molar-refractivity contribution in [3.05, 3.63) is 59.3 Å². The molecule has 1 aliphatic rings. The zero-order valence-corrected chi connectivity index (χ0v) is 17.4. The number of hydrogen-bond acceptors (Lipinski definition) is 3. The molecule has 0 saturated carbocycles. The highest BCUT2D eigenvalue weighted by atomic mass is 19.4. The van der Waals surface area contributed by atoms with E-state index >= 15 is 0 Å². The van der Waals surface area contributed by atoms with Crippen LogP contribution in [0.25, 0.3) is 22.0 Å². The topological polar surface area (TPSA) is 123 Å². The maximum atomic E-state index is 11.8. The van der Waals surface area contributed by atoms with Gasteiger partial charge in [0.05, 0.1) is 5.56 Å². The number of alkyl halides is 3. The molecule has 4 rings (SSSR count). The van der Waals surface area contributed by atoms with Gasteiger partial charge < -0.3 is 20.5 Å². The minimum Gasteiger partial charge on any atom is -0.480 e. The predicted octanol–water partition coefficient (Wildman–Crippen LogP) is 4.00. The number of carboxylic acids is 2. The number of nitrogens with two attached hydrogens (primary N) is 1. The molecule has 10 heteroatoms. The maximum Gasteiger partial charge on any atom is 0.490 e. The van der Waals surface area contributed by atoms with E-state index in [1.54, 1.807) is 4.57 Å². The zero-order valence-electron chi connectivity index (χ0n) is 17.4. The van der Waals surface area contributed by atoms with Gasteiger partial charge in [0.25, 0.3) is 5.91 Å². The average Bonchev–Trinajstić information content (AvgIpc) is 3.10. The number of nitrogens with zero attached hydrogens (tertiary/aromatic N) is 1. The first kappa shape index (κ1) is 23.8. The molecule has 7 nitrogen and oxygen atoms in total. The van der Waals surface area contributed by atoms with Gasteiger partial charge in [-0.3, -0.25) is 9.59 Å². The second kappa shape index (κ2) is 9.35. The summed E-state index contributed by atoms with van der Waals surface area (Å²) in [5.74, 6) is -4.27. The summed E-state index contributed by atoms with van der Waals surface area (Å²) in [5, 5.41) is 16.9.